The van der Waals surface area contributed by atoms with Gasteiger partial charge in [0, 0.05) is 45.0 Å². The molecule has 1 atom stereocenters. The molecule has 0 N–H and O–H groups in total. The molecule has 0 radical (unpaired) electrons. The van der Waals surface area contributed by atoms with Crippen LogP contribution in [0.5, 0.6) is 0 Å². The van der Waals surface area contributed by atoms with Crippen LogP contribution in [-0.2, 0) is 6.42 Å². The number of carbonyl (C=O) groups excluding carboxylic acids is 1. The van der Waals surface area contributed by atoms with Crippen molar-refractivity contribution in [3.63, 3.8) is 0 Å². The highest BCUT2D eigenvalue weighted by molar-refractivity contribution is 5.99. The molecule has 1 saturated heterocycles. The van der Waals surface area contributed by atoms with Crippen molar-refractivity contribution >= 4 is 17.7 Å². The van der Waals surface area contributed by atoms with Crippen molar-refractivity contribution in [3.8, 4) is 0 Å². The molecule has 1 aliphatic heterocycles. The Morgan fingerprint density at radius 1 is 0.903 bits per heavy atom. The highest BCUT2D eigenvalue weighted by atomic mass is 19.1. The maximum Gasteiger partial charge on any atom is 0.225 e. The number of ketones is 1. The van der Waals surface area contributed by atoms with E-state index in [0.29, 0.717) is 24.4 Å². The molecule has 1 aliphatic carbocycles. The van der Waals surface area contributed by atoms with Crippen molar-refractivity contribution in [2.75, 3.05) is 36.0 Å². The average molecular weight is 418 g/mol. The lowest BCUT2D eigenvalue weighted by molar-refractivity contribution is 0.0962. The van der Waals surface area contributed by atoms with Crippen molar-refractivity contribution in [2.24, 2.45) is 0 Å². The fourth-order valence-electron chi connectivity index (χ4n) is 4.43. The number of Topliss-reactive ketones (excluding diaryl/α,β-unsaturated/α-hetero) is 1. The van der Waals surface area contributed by atoms with Crippen molar-refractivity contribution in [2.45, 2.75) is 25.7 Å². The lowest BCUT2D eigenvalue weighted by Gasteiger charge is -2.35. The summed E-state index contributed by atoms with van der Waals surface area (Å²) in [6.07, 6.45) is 4.55. The highest BCUT2D eigenvalue weighted by Crippen LogP contribution is 2.34. The molecule has 0 bridgehead atoms. The van der Waals surface area contributed by atoms with Crippen LogP contribution in [0.1, 0.15) is 39.6 Å². The van der Waals surface area contributed by atoms with Crippen molar-refractivity contribution in [1.29, 1.82) is 0 Å². The monoisotopic (exact) mass is 418 g/mol. The zero-order valence-corrected chi connectivity index (χ0v) is 17.3. The van der Waals surface area contributed by atoms with Crippen molar-refractivity contribution in [3.05, 3.63) is 71.1 Å². The summed E-state index contributed by atoms with van der Waals surface area (Å²) in [5.74, 6) is 1.20. The number of fused-ring (bicyclic) bond motifs is 1. The molecule has 0 saturated carbocycles. The van der Waals surface area contributed by atoms with Crippen LogP contribution in [0.2, 0.25) is 0 Å². The summed E-state index contributed by atoms with van der Waals surface area (Å²) in [4.78, 5) is 35.3. The van der Waals surface area contributed by atoms with E-state index in [-0.39, 0.29) is 17.5 Å². The number of piperazine rings is 1. The van der Waals surface area contributed by atoms with E-state index in [4.69, 9.17) is 4.98 Å². The largest absolute Gasteiger partial charge is 0.337 e. The number of carbonyl (C=O) groups is 1. The minimum atomic E-state index is -0.271. The molecule has 1 unspecified atom stereocenters. The first-order valence-corrected chi connectivity index (χ1v) is 10.5. The van der Waals surface area contributed by atoms with Crippen LogP contribution in [0, 0.1) is 12.7 Å². The van der Waals surface area contributed by atoms with Gasteiger partial charge in [0.1, 0.15) is 5.82 Å². The molecule has 1 aromatic carbocycles. The molecular formula is C23H23FN6O. The third kappa shape index (κ3) is 3.85. The van der Waals surface area contributed by atoms with Gasteiger partial charge in [0.25, 0.3) is 0 Å². The molecule has 1 fully saturated rings. The first-order chi connectivity index (χ1) is 15.1. The number of rotatable bonds is 3. The van der Waals surface area contributed by atoms with E-state index < -0.39 is 0 Å². The Morgan fingerprint density at radius 3 is 2.23 bits per heavy atom. The summed E-state index contributed by atoms with van der Waals surface area (Å²) in [5, 5.41) is 0. The third-order valence-electron chi connectivity index (χ3n) is 6.04. The molecule has 3 aromatic rings. The van der Waals surface area contributed by atoms with E-state index in [9.17, 15) is 9.18 Å². The molecule has 2 aromatic heterocycles. The van der Waals surface area contributed by atoms with E-state index in [1.54, 1.807) is 24.5 Å². The zero-order chi connectivity index (χ0) is 21.4. The Labute approximate surface area is 180 Å². The number of benzene rings is 1. The molecule has 0 spiro atoms. The standard InChI is InChI=1S/C23H23FN6O/c1-15-21-19(13-17(14-20(21)31)16-3-5-18(24)6-4-16)28-23(27-15)30-11-9-29(10-12-30)22-25-7-2-8-26-22/h2-8,17H,9-14H2,1H3. The number of hydrogen-bond acceptors (Lipinski definition) is 7. The predicted molar refractivity (Wildman–Crippen MR) is 115 cm³/mol. The molecule has 0 amide bonds. The van der Waals surface area contributed by atoms with Crippen LogP contribution in [-0.4, -0.2) is 51.9 Å². The predicted octanol–water partition coefficient (Wildman–Crippen LogP) is 2.95. The van der Waals surface area contributed by atoms with Gasteiger partial charge in [0.15, 0.2) is 5.78 Å². The maximum atomic E-state index is 13.3. The van der Waals surface area contributed by atoms with Crippen LogP contribution in [0.4, 0.5) is 16.3 Å². The van der Waals surface area contributed by atoms with E-state index >= 15 is 0 Å². The second kappa shape index (κ2) is 8.02. The fourth-order valence-corrected chi connectivity index (χ4v) is 4.43. The first-order valence-electron chi connectivity index (χ1n) is 10.5. The minimum Gasteiger partial charge on any atom is -0.337 e. The summed E-state index contributed by atoms with van der Waals surface area (Å²) in [5.41, 5.74) is 3.14. The second-order valence-electron chi connectivity index (χ2n) is 8.03. The topological polar surface area (TPSA) is 75.1 Å². The minimum absolute atomic E-state index is 0.00910. The van der Waals surface area contributed by atoms with Crippen molar-refractivity contribution in [1.82, 2.24) is 19.9 Å². The van der Waals surface area contributed by atoms with Gasteiger partial charge in [-0.3, -0.25) is 4.79 Å². The quantitative estimate of drug-likeness (QED) is 0.647. The van der Waals surface area contributed by atoms with Gasteiger partial charge in [-0.2, -0.15) is 0 Å². The number of hydrogen-bond donors (Lipinski definition) is 0. The summed E-state index contributed by atoms with van der Waals surface area (Å²) in [6, 6.07) is 8.23. The SMILES string of the molecule is Cc1nc(N2CCN(c3ncccn3)CC2)nc2c1C(=O)CC(c1ccc(F)cc1)C2. The summed E-state index contributed by atoms with van der Waals surface area (Å²) in [6.45, 7) is 4.95. The molecule has 3 heterocycles. The number of nitrogens with zero attached hydrogens (tertiary/aromatic N) is 6. The van der Waals surface area contributed by atoms with Crippen LogP contribution < -0.4 is 9.80 Å². The molecular weight excluding hydrogens is 395 g/mol. The van der Waals surface area contributed by atoms with Gasteiger partial charge >= 0.3 is 0 Å². The van der Waals surface area contributed by atoms with Crippen LogP contribution in [0.25, 0.3) is 0 Å². The lowest BCUT2D eigenvalue weighted by Crippen LogP contribution is -2.48. The lowest BCUT2D eigenvalue weighted by atomic mass is 9.81. The Kier molecular flexibility index (Phi) is 5.05. The van der Waals surface area contributed by atoms with Gasteiger partial charge in [0.05, 0.1) is 17.0 Å². The Morgan fingerprint density at radius 2 is 1.55 bits per heavy atom. The van der Waals surface area contributed by atoms with Crippen LogP contribution >= 0.6 is 0 Å². The smallest absolute Gasteiger partial charge is 0.225 e. The van der Waals surface area contributed by atoms with Crippen LogP contribution in [0.3, 0.4) is 0 Å². The zero-order valence-electron chi connectivity index (χ0n) is 17.3. The molecule has 7 nitrogen and oxygen atoms in total. The average Bonchev–Trinajstić information content (AvgIpc) is 2.79. The normalized spacial score (nSPS) is 18.8. The summed E-state index contributed by atoms with van der Waals surface area (Å²) >= 11 is 0. The third-order valence-corrected chi connectivity index (χ3v) is 6.04. The van der Waals surface area contributed by atoms with Crippen LogP contribution in [0.15, 0.2) is 42.7 Å². The highest BCUT2D eigenvalue weighted by Gasteiger charge is 2.31. The summed E-state index contributed by atoms with van der Waals surface area (Å²) in [7, 11) is 0. The molecule has 5 rings (SSSR count). The van der Waals surface area contributed by atoms with E-state index in [0.717, 1.165) is 49.1 Å². The number of aromatic nitrogens is 4. The molecule has 158 valence electrons. The van der Waals surface area contributed by atoms with E-state index in [2.05, 4.69) is 24.8 Å². The van der Waals surface area contributed by atoms with E-state index in [1.165, 1.54) is 12.1 Å². The van der Waals surface area contributed by atoms with Gasteiger partial charge in [-0.25, -0.2) is 24.3 Å². The number of halogens is 1. The number of anilines is 2. The second-order valence-corrected chi connectivity index (χ2v) is 8.03. The van der Waals surface area contributed by atoms with Gasteiger partial charge in [-0.1, -0.05) is 12.1 Å². The Hall–Kier alpha value is -3.42. The fraction of sp³-hybridized carbons (Fsp3) is 0.348. The van der Waals surface area contributed by atoms with Gasteiger partial charge in [0.2, 0.25) is 11.9 Å². The first kappa shape index (κ1) is 19.5. The molecule has 8 heteroatoms. The Balaban J connectivity index is 1.36. The van der Waals surface area contributed by atoms with Gasteiger partial charge in [-0.15, -0.1) is 0 Å². The molecule has 31 heavy (non-hydrogen) atoms. The van der Waals surface area contributed by atoms with Gasteiger partial charge < -0.3 is 9.80 Å². The van der Waals surface area contributed by atoms with Crippen molar-refractivity contribution < 1.29 is 9.18 Å². The molecule has 2 aliphatic rings. The maximum absolute atomic E-state index is 13.3. The number of aryl methyl sites for hydroxylation is 1. The van der Waals surface area contributed by atoms with E-state index in [1.807, 2.05) is 13.0 Å². The Bertz CT molecular complexity index is 1100. The summed E-state index contributed by atoms with van der Waals surface area (Å²) < 4.78 is 13.3. The van der Waals surface area contributed by atoms with Gasteiger partial charge in [-0.05, 0) is 43.0 Å².